The van der Waals surface area contributed by atoms with Crippen molar-refractivity contribution in [1.29, 1.82) is 0 Å². The third kappa shape index (κ3) is 6.91. The number of hydrogen-bond donors (Lipinski definition) is 1. The first-order valence-electron chi connectivity index (χ1n) is 10.6. The van der Waals surface area contributed by atoms with Crippen LogP contribution in [0.25, 0.3) is 0 Å². The Hall–Kier alpha value is -2.69. The summed E-state index contributed by atoms with van der Waals surface area (Å²) in [5, 5.41) is 4.03. The number of ether oxygens (including phenoxy) is 3. The van der Waals surface area contributed by atoms with Crippen LogP contribution in [0.2, 0.25) is 5.02 Å². The molecule has 0 fully saturated rings. The Morgan fingerprint density at radius 3 is 2.26 bits per heavy atom. The summed E-state index contributed by atoms with van der Waals surface area (Å²) in [5.41, 5.74) is 4.64. The highest BCUT2D eigenvalue weighted by atomic mass is 35.5. The standard InChI is InChI=1S/C26H30ClNO3/c1-4-30-25-16-22(17-28-14-13-20-9-11-23(29-3)12-10-20)15-24(27)26(25)31-18-21-7-5-19(2)6-8-21/h5-12,15-16,28H,4,13-14,17-18H2,1-3H3. The van der Waals surface area contributed by atoms with Gasteiger partial charge in [0.1, 0.15) is 12.4 Å². The molecule has 0 aliphatic heterocycles. The maximum absolute atomic E-state index is 6.55. The number of benzene rings is 3. The smallest absolute Gasteiger partial charge is 0.180 e. The zero-order chi connectivity index (χ0) is 22.1. The van der Waals surface area contributed by atoms with E-state index in [9.17, 15) is 0 Å². The Kier molecular flexibility index (Phi) is 8.63. The normalized spacial score (nSPS) is 10.7. The fourth-order valence-corrected chi connectivity index (χ4v) is 3.51. The number of rotatable bonds is 11. The number of nitrogens with one attached hydrogen (secondary N) is 1. The van der Waals surface area contributed by atoms with E-state index in [0.717, 1.165) is 29.8 Å². The second-order valence-electron chi connectivity index (χ2n) is 7.39. The minimum Gasteiger partial charge on any atom is -0.497 e. The molecule has 0 aliphatic carbocycles. The zero-order valence-corrected chi connectivity index (χ0v) is 19.2. The summed E-state index contributed by atoms with van der Waals surface area (Å²) >= 11 is 6.55. The number of hydrogen-bond acceptors (Lipinski definition) is 4. The molecule has 31 heavy (non-hydrogen) atoms. The Bertz CT molecular complexity index is 956. The third-order valence-corrected chi connectivity index (χ3v) is 5.23. The van der Waals surface area contributed by atoms with Crippen LogP contribution in [0.4, 0.5) is 0 Å². The van der Waals surface area contributed by atoms with Crippen LogP contribution in [0, 0.1) is 6.92 Å². The van der Waals surface area contributed by atoms with E-state index in [1.54, 1.807) is 7.11 Å². The van der Waals surface area contributed by atoms with E-state index in [-0.39, 0.29) is 0 Å². The van der Waals surface area contributed by atoms with Crippen LogP contribution in [0.15, 0.2) is 60.7 Å². The van der Waals surface area contributed by atoms with Gasteiger partial charge in [0, 0.05) is 6.54 Å². The molecule has 0 spiro atoms. The van der Waals surface area contributed by atoms with Gasteiger partial charge in [-0.15, -0.1) is 0 Å². The molecule has 3 aromatic rings. The molecule has 0 unspecified atom stereocenters. The van der Waals surface area contributed by atoms with Crippen LogP contribution in [-0.4, -0.2) is 20.3 Å². The van der Waals surface area contributed by atoms with E-state index in [1.807, 2.05) is 31.2 Å². The van der Waals surface area contributed by atoms with Crippen molar-refractivity contribution in [2.45, 2.75) is 33.4 Å². The fraction of sp³-hybridized carbons (Fsp3) is 0.308. The van der Waals surface area contributed by atoms with Crippen LogP contribution < -0.4 is 19.5 Å². The molecule has 1 N–H and O–H groups in total. The molecule has 0 amide bonds. The van der Waals surface area contributed by atoms with Gasteiger partial charge in [0.25, 0.3) is 0 Å². The van der Waals surface area contributed by atoms with E-state index >= 15 is 0 Å². The first-order valence-corrected chi connectivity index (χ1v) is 10.9. The van der Waals surface area contributed by atoms with Crippen molar-refractivity contribution in [3.8, 4) is 17.2 Å². The Balaban J connectivity index is 1.58. The van der Waals surface area contributed by atoms with Gasteiger partial charge in [0.15, 0.2) is 11.5 Å². The predicted molar refractivity (Wildman–Crippen MR) is 127 cm³/mol. The molecule has 0 bridgehead atoms. The zero-order valence-electron chi connectivity index (χ0n) is 18.4. The molecule has 0 atom stereocenters. The van der Waals surface area contributed by atoms with E-state index in [0.29, 0.717) is 36.3 Å². The Morgan fingerprint density at radius 2 is 1.58 bits per heavy atom. The highest BCUT2D eigenvalue weighted by Gasteiger charge is 2.13. The highest BCUT2D eigenvalue weighted by Crippen LogP contribution is 2.37. The van der Waals surface area contributed by atoms with Gasteiger partial charge in [-0.25, -0.2) is 0 Å². The largest absolute Gasteiger partial charge is 0.497 e. The molecule has 0 radical (unpaired) electrons. The van der Waals surface area contributed by atoms with Gasteiger partial charge in [-0.2, -0.15) is 0 Å². The lowest BCUT2D eigenvalue weighted by Crippen LogP contribution is -2.17. The lowest BCUT2D eigenvalue weighted by Gasteiger charge is -2.16. The first-order chi connectivity index (χ1) is 15.1. The Morgan fingerprint density at radius 1 is 0.871 bits per heavy atom. The minimum atomic E-state index is 0.444. The van der Waals surface area contributed by atoms with E-state index in [4.69, 9.17) is 25.8 Å². The summed E-state index contributed by atoms with van der Waals surface area (Å²) in [5.74, 6) is 2.14. The molecule has 3 aromatic carbocycles. The summed E-state index contributed by atoms with van der Waals surface area (Å²) in [6.07, 6.45) is 0.938. The van der Waals surface area contributed by atoms with Crippen molar-refractivity contribution >= 4 is 11.6 Å². The van der Waals surface area contributed by atoms with Crippen molar-refractivity contribution in [3.05, 3.63) is 87.9 Å². The molecule has 5 heteroatoms. The lowest BCUT2D eigenvalue weighted by molar-refractivity contribution is 0.269. The van der Waals surface area contributed by atoms with Crippen molar-refractivity contribution in [2.24, 2.45) is 0 Å². The SMILES string of the molecule is CCOc1cc(CNCCc2ccc(OC)cc2)cc(Cl)c1OCc1ccc(C)cc1. The third-order valence-electron chi connectivity index (χ3n) is 4.95. The molecule has 0 aromatic heterocycles. The van der Waals surface area contributed by atoms with E-state index in [1.165, 1.54) is 11.1 Å². The second kappa shape index (κ2) is 11.6. The highest BCUT2D eigenvalue weighted by molar-refractivity contribution is 6.32. The molecule has 0 saturated carbocycles. The van der Waals surface area contributed by atoms with Gasteiger partial charge in [-0.05, 0) is 67.8 Å². The maximum atomic E-state index is 6.55. The molecule has 0 aliphatic rings. The average molecular weight is 440 g/mol. The predicted octanol–water partition coefficient (Wildman–Crippen LogP) is 5.97. The first kappa shape index (κ1) is 23.0. The molecular weight excluding hydrogens is 410 g/mol. The van der Waals surface area contributed by atoms with Gasteiger partial charge < -0.3 is 19.5 Å². The number of halogens is 1. The quantitative estimate of drug-likeness (QED) is 0.374. The minimum absolute atomic E-state index is 0.444. The number of aryl methyl sites for hydroxylation is 1. The van der Waals surface area contributed by atoms with Crippen molar-refractivity contribution in [2.75, 3.05) is 20.3 Å². The molecule has 4 nitrogen and oxygen atoms in total. The summed E-state index contributed by atoms with van der Waals surface area (Å²) < 4.78 is 17.0. The Labute approximate surface area is 190 Å². The summed E-state index contributed by atoms with van der Waals surface area (Å²) in [6.45, 7) is 6.58. The molecule has 164 valence electrons. The average Bonchev–Trinajstić information content (AvgIpc) is 2.78. The second-order valence-corrected chi connectivity index (χ2v) is 7.79. The van der Waals surface area contributed by atoms with Gasteiger partial charge in [0.05, 0.1) is 18.7 Å². The monoisotopic (exact) mass is 439 g/mol. The van der Waals surface area contributed by atoms with Gasteiger partial charge >= 0.3 is 0 Å². The molecular formula is C26H30ClNO3. The molecule has 3 rings (SSSR count). The topological polar surface area (TPSA) is 39.7 Å². The van der Waals surface area contributed by atoms with Crippen LogP contribution in [-0.2, 0) is 19.6 Å². The van der Waals surface area contributed by atoms with Crippen molar-refractivity contribution < 1.29 is 14.2 Å². The van der Waals surface area contributed by atoms with Gasteiger partial charge in [-0.3, -0.25) is 0 Å². The fourth-order valence-electron chi connectivity index (χ4n) is 3.22. The van der Waals surface area contributed by atoms with Crippen LogP contribution in [0.3, 0.4) is 0 Å². The van der Waals surface area contributed by atoms with Gasteiger partial charge in [-0.1, -0.05) is 53.6 Å². The van der Waals surface area contributed by atoms with E-state index in [2.05, 4.69) is 48.6 Å². The van der Waals surface area contributed by atoms with Crippen LogP contribution in [0.5, 0.6) is 17.2 Å². The van der Waals surface area contributed by atoms with Crippen molar-refractivity contribution in [1.82, 2.24) is 5.32 Å². The maximum Gasteiger partial charge on any atom is 0.180 e. The molecule has 0 saturated heterocycles. The number of methoxy groups -OCH3 is 1. The molecule has 0 heterocycles. The van der Waals surface area contributed by atoms with Gasteiger partial charge in [0.2, 0.25) is 0 Å². The van der Waals surface area contributed by atoms with Crippen molar-refractivity contribution in [3.63, 3.8) is 0 Å². The van der Waals surface area contributed by atoms with E-state index < -0.39 is 0 Å². The van der Waals surface area contributed by atoms with Crippen LogP contribution >= 0.6 is 11.6 Å². The van der Waals surface area contributed by atoms with Crippen LogP contribution in [0.1, 0.15) is 29.2 Å². The lowest BCUT2D eigenvalue weighted by atomic mass is 10.1. The summed E-state index contributed by atoms with van der Waals surface area (Å²) in [4.78, 5) is 0. The summed E-state index contributed by atoms with van der Waals surface area (Å²) in [7, 11) is 1.68. The summed E-state index contributed by atoms with van der Waals surface area (Å²) in [6, 6.07) is 20.4.